The van der Waals surface area contributed by atoms with E-state index in [2.05, 4.69) is 6.92 Å². The fraction of sp³-hybridized carbons (Fsp3) is 1.00. The van der Waals surface area contributed by atoms with Crippen LogP contribution < -0.4 is 0 Å². The molecular formula is C7H14O2. The fourth-order valence-corrected chi connectivity index (χ4v) is 1.26. The molecule has 1 aliphatic heterocycles. The van der Waals surface area contributed by atoms with Gasteiger partial charge in [-0.15, -0.1) is 0 Å². The Hall–Kier alpha value is -0.0800. The molecule has 0 aromatic heterocycles. The van der Waals surface area contributed by atoms with Gasteiger partial charge in [-0.1, -0.05) is 0 Å². The van der Waals surface area contributed by atoms with Crippen molar-refractivity contribution < 1.29 is 9.47 Å². The van der Waals surface area contributed by atoms with Crippen molar-refractivity contribution >= 4 is 0 Å². The Bertz CT molecular complexity index is 81.0. The summed E-state index contributed by atoms with van der Waals surface area (Å²) >= 11 is 0. The van der Waals surface area contributed by atoms with Crippen LogP contribution in [0.3, 0.4) is 0 Å². The Morgan fingerprint density at radius 2 is 2.44 bits per heavy atom. The molecule has 2 heteroatoms. The molecule has 0 spiro atoms. The maximum absolute atomic E-state index is 5.34. The van der Waals surface area contributed by atoms with Gasteiger partial charge in [-0.3, -0.25) is 0 Å². The third-order valence-corrected chi connectivity index (χ3v) is 1.68. The Morgan fingerprint density at radius 1 is 1.67 bits per heavy atom. The van der Waals surface area contributed by atoms with Gasteiger partial charge in [0, 0.05) is 13.0 Å². The lowest BCUT2D eigenvalue weighted by molar-refractivity contribution is 0.103. The van der Waals surface area contributed by atoms with Crippen LogP contribution in [0.15, 0.2) is 0 Å². The summed E-state index contributed by atoms with van der Waals surface area (Å²) in [6.07, 6.45) is 1.61. The fourth-order valence-electron chi connectivity index (χ4n) is 1.26. The zero-order chi connectivity index (χ0) is 6.69. The van der Waals surface area contributed by atoms with Gasteiger partial charge in [0.2, 0.25) is 0 Å². The van der Waals surface area contributed by atoms with Crippen LogP contribution in [0.25, 0.3) is 0 Å². The van der Waals surface area contributed by atoms with Crippen LogP contribution in [0, 0.1) is 5.92 Å². The van der Waals surface area contributed by atoms with Crippen LogP contribution in [-0.2, 0) is 9.47 Å². The highest BCUT2D eigenvalue weighted by atomic mass is 16.5. The standard InChI is InChI=1S/C7H14O2/c1-6-3-7(4-8-2)5-9-6/h6-7H,3-5H2,1-2H3. The Kier molecular flexibility index (Phi) is 2.49. The van der Waals surface area contributed by atoms with Crippen LogP contribution in [-0.4, -0.2) is 26.4 Å². The maximum Gasteiger partial charge on any atom is 0.0551 e. The molecule has 54 valence electrons. The van der Waals surface area contributed by atoms with Gasteiger partial charge in [-0.05, 0) is 13.3 Å². The number of rotatable bonds is 2. The van der Waals surface area contributed by atoms with Crippen LogP contribution in [0.1, 0.15) is 13.3 Å². The molecule has 1 aliphatic rings. The highest BCUT2D eigenvalue weighted by Crippen LogP contribution is 2.18. The monoisotopic (exact) mass is 130 g/mol. The van der Waals surface area contributed by atoms with Crippen molar-refractivity contribution in [1.29, 1.82) is 0 Å². The topological polar surface area (TPSA) is 18.5 Å². The molecule has 0 N–H and O–H groups in total. The minimum Gasteiger partial charge on any atom is -0.384 e. The van der Waals surface area contributed by atoms with E-state index >= 15 is 0 Å². The quantitative estimate of drug-likeness (QED) is 0.556. The average Bonchev–Trinajstić information content (AvgIpc) is 2.17. The lowest BCUT2D eigenvalue weighted by atomic mass is 10.1. The minimum absolute atomic E-state index is 0.449. The van der Waals surface area contributed by atoms with E-state index in [1.165, 1.54) is 0 Å². The zero-order valence-corrected chi connectivity index (χ0v) is 6.09. The van der Waals surface area contributed by atoms with Gasteiger partial charge in [0.25, 0.3) is 0 Å². The SMILES string of the molecule is COCC1COC(C)C1. The first kappa shape index (κ1) is 7.03. The molecular weight excluding hydrogens is 116 g/mol. The van der Waals surface area contributed by atoms with Gasteiger partial charge in [0.1, 0.15) is 0 Å². The second-order valence-electron chi connectivity index (χ2n) is 2.70. The van der Waals surface area contributed by atoms with E-state index in [9.17, 15) is 0 Å². The lowest BCUT2D eigenvalue weighted by Gasteiger charge is -2.03. The van der Waals surface area contributed by atoms with Gasteiger partial charge < -0.3 is 9.47 Å². The van der Waals surface area contributed by atoms with Gasteiger partial charge in [0.05, 0.1) is 19.3 Å². The summed E-state index contributed by atoms with van der Waals surface area (Å²) < 4.78 is 10.3. The smallest absolute Gasteiger partial charge is 0.0551 e. The van der Waals surface area contributed by atoms with Crippen molar-refractivity contribution in [3.05, 3.63) is 0 Å². The molecule has 2 unspecified atom stereocenters. The van der Waals surface area contributed by atoms with Crippen molar-refractivity contribution in [2.75, 3.05) is 20.3 Å². The molecule has 2 nitrogen and oxygen atoms in total. The Balaban J connectivity index is 2.14. The summed E-state index contributed by atoms with van der Waals surface area (Å²) in [7, 11) is 1.74. The third-order valence-electron chi connectivity index (χ3n) is 1.68. The van der Waals surface area contributed by atoms with Crippen molar-refractivity contribution in [3.63, 3.8) is 0 Å². The van der Waals surface area contributed by atoms with Crippen molar-refractivity contribution in [3.8, 4) is 0 Å². The van der Waals surface area contributed by atoms with E-state index in [0.717, 1.165) is 19.6 Å². The van der Waals surface area contributed by atoms with Gasteiger partial charge in [-0.25, -0.2) is 0 Å². The summed E-state index contributed by atoms with van der Waals surface area (Å²) in [6, 6.07) is 0. The summed E-state index contributed by atoms with van der Waals surface area (Å²) in [5, 5.41) is 0. The van der Waals surface area contributed by atoms with E-state index < -0.39 is 0 Å². The minimum atomic E-state index is 0.449. The van der Waals surface area contributed by atoms with E-state index in [1.807, 2.05) is 0 Å². The molecule has 0 saturated carbocycles. The van der Waals surface area contributed by atoms with E-state index in [4.69, 9.17) is 9.47 Å². The summed E-state index contributed by atoms with van der Waals surface area (Å²) in [5.41, 5.74) is 0. The van der Waals surface area contributed by atoms with Crippen LogP contribution in [0.5, 0.6) is 0 Å². The molecule has 1 heterocycles. The molecule has 0 aromatic rings. The lowest BCUT2D eigenvalue weighted by Crippen LogP contribution is -2.06. The highest BCUT2D eigenvalue weighted by Gasteiger charge is 2.21. The van der Waals surface area contributed by atoms with E-state index in [1.54, 1.807) is 7.11 Å². The molecule has 0 aliphatic carbocycles. The second kappa shape index (κ2) is 3.18. The predicted octanol–water partition coefficient (Wildman–Crippen LogP) is 1.06. The molecule has 1 fully saturated rings. The van der Waals surface area contributed by atoms with Gasteiger partial charge in [0.15, 0.2) is 0 Å². The number of ether oxygens (including phenoxy) is 2. The van der Waals surface area contributed by atoms with Crippen molar-refractivity contribution in [2.45, 2.75) is 19.4 Å². The van der Waals surface area contributed by atoms with E-state index in [0.29, 0.717) is 12.0 Å². The molecule has 9 heavy (non-hydrogen) atoms. The molecule has 0 bridgehead atoms. The highest BCUT2D eigenvalue weighted by molar-refractivity contribution is 4.68. The zero-order valence-electron chi connectivity index (χ0n) is 6.09. The molecule has 2 atom stereocenters. The predicted molar refractivity (Wildman–Crippen MR) is 35.4 cm³/mol. The molecule has 0 radical (unpaired) electrons. The number of methoxy groups -OCH3 is 1. The second-order valence-corrected chi connectivity index (χ2v) is 2.70. The largest absolute Gasteiger partial charge is 0.384 e. The number of hydrogen-bond acceptors (Lipinski definition) is 2. The Morgan fingerprint density at radius 3 is 2.89 bits per heavy atom. The first-order chi connectivity index (χ1) is 4.33. The average molecular weight is 130 g/mol. The van der Waals surface area contributed by atoms with Crippen LogP contribution in [0.4, 0.5) is 0 Å². The first-order valence-electron chi connectivity index (χ1n) is 3.43. The van der Waals surface area contributed by atoms with Crippen LogP contribution in [0.2, 0.25) is 0 Å². The van der Waals surface area contributed by atoms with Gasteiger partial charge >= 0.3 is 0 Å². The summed E-state index contributed by atoms with van der Waals surface area (Å²) in [4.78, 5) is 0. The molecule has 0 aromatic carbocycles. The molecule has 1 rings (SSSR count). The van der Waals surface area contributed by atoms with Crippen molar-refractivity contribution in [1.82, 2.24) is 0 Å². The normalized spacial score (nSPS) is 35.3. The molecule has 0 amide bonds. The molecule has 1 saturated heterocycles. The summed E-state index contributed by atoms with van der Waals surface area (Å²) in [5.74, 6) is 0.644. The Labute approximate surface area is 56.2 Å². The first-order valence-corrected chi connectivity index (χ1v) is 3.43. The third kappa shape index (κ3) is 1.95. The maximum atomic E-state index is 5.34. The van der Waals surface area contributed by atoms with Crippen molar-refractivity contribution in [2.24, 2.45) is 5.92 Å². The van der Waals surface area contributed by atoms with Crippen LogP contribution >= 0.6 is 0 Å². The van der Waals surface area contributed by atoms with E-state index in [-0.39, 0.29) is 0 Å². The number of hydrogen-bond donors (Lipinski definition) is 0. The summed E-state index contributed by atoms with van der Waals surface area (Å²) in [6.45, 7) is 3.84. The van der Waals surface area contributed by atoms with Gasteiger partial charge in [-0.2, -0.15) is 0 Å².